The minimum Gasteiger partial charge on any atom is -0.453 e. The summed E-state index contributed by atoms with van der Waals surface area (Å²) in [5.74, 6) is -0.952. The Bertz CT molecular complexity index is 2040. The Balaban J connectivity index is 1.40. The molecule has 5 amide bonds. The van der Waals surface area contributed by atoms with E-state index in [0.29, 0.717) is 31.9 Å². The van der Waals surface area contributed by atoms with Gasteiger partial charge in [-0.2, -0.15) is 0 Å². The zero-order valence-corrected chi connectivity index (χ0v) is 37.1. The Labute approximate surface area is 359 Å². The third-order valence-corrected chi connectivity index (χ3v) is 11.7. The van der Waals surface area contributed by atoms with Gasteiger partial charge >= 0.3 is 12.1 Å². The van der Waals surface area contributed by atoms with Crippen LogP contribution in [0.1, 0.15) is 63.5 Å². The molecule has 18 heteroatoms. The van der Waals surface area contributed by atoms with Crippen LogP contribution in [0.25, 0.3) is 10.6 Å². The number of aromatic nitrogens is 3. The molecule has 0 aliphatic carbocycles. The van der Waals surface area contributed by atoms with E-state index in [1.807, 2.05) is 94.8 Å². The van der Waals surface area contributed by atoms with Crippen LogP contribution in [0.2, 0.25) is 0 Å². The van der Waals surface area contributed by atoms with Crippen LogP contribution in [-0.4, -0.2) is 117 Å². The molecule has 1 aliphatic heterocycles. The van der Waals surface area contributed by atoms with Crippen molar-refractivity contribution in [3.05, 3.63) is 87.6 Å². The van der Waals surface area contributed by atoms with E-state index in [-0.39, 0.29) is 25.5 Å². The van der Waals surface area contributed by atoms with Gasteiger partial charge in [-0.25, -0.2) is 24.6 Å². The molecule has 0 bridgehead atoms. The standard InChI is InChI=1S/C42H57N9O7S2/c1-41(2,3)34(47-39(55)58-8)36(53)48-50(22-30-26-60-38(45-30)28-14-16-43-17-15-28)23-32(52)31(20-27-12-10-9-11-13-27)46-37(54)35(42(4,5)6)51-19-18-49(40(51)56)21-29-25-59-33(44-29)24-57-7/h9-17,25-26,31-32,34-35,52H,18-24H2,1-8H3,(H,46,54)(H,47,55)(H,48,53)/t31-,32-,34+,35+/m0/s1. The summed E-state index contributed by atoms with van der Waals surface area (Å²) in [6, 6.07) is 10.2. The van der Waals surface area contributed by atoms with E-state index in [9.17, 15) is 24.3 Å². The number of urea groups is 1. The highest BCUT2D eigenvalue weighted by Crippen LogP contribution is 2.30. The normalized spacial score (nSPS) is 15.4. The van der Waals surface area contributed by atoms with Gasteiger partial charge in [0.15, 0.2) is 0 Å². The van der Waals surface area contributed by atoms with Gasteiger partial charge in [-0.3, -0.25) is 20.0 Å². The average molecular weight is 864 g/mol. The lowest BCUT2D eigenvalue weighted by Gasteiger charge is -2.38. The molecule has 0 unspecified atom stereocenters. The highest BCUT2D eigenvalue weighted by molar-refractivity contribution is 7.13. The number of ether oxygens (including phenoxy) is 2. The molecule has 0 spiro atoms. The van der Waals surface area contributed by atoms with Crippen molar-refractivity contribution in [3.8, 4) is 10.6 Å². The Morgan fingerprint density at radius 3 is 2.25 bits per heavy atom. The molecule has 1 fully saturated rings. The van der Waals surface area contributed by atoms with Crippen molar-refractivity contribution in [1.29, 1.82) is 0 Å². The van der Waals surface area contributed by atoms with Crippen LogP contribution in [0, 0.1) is 10.8 Å². The summed E-state index contributed by atoms with van der Waals surface area (Å²) in [6.45, 7) is 12.5. The summed E-state index contributed by atoms with van der Waals surface area (Å²) in [5, 5.41) is 24.8. The van der Waals surface area contributed by atoms with Crippen molar-refractivity contribution in [1.82, 2.24) is 45.8 Å². The Kier molecular flexibility index (Phi) is 15.7. The van der Waals surface area contributed by atoms with Gasteiger partial charge in [-0.15, -0.1) is 22.7 Å². The first kappa shape index (κ1) is 46.1. The van der Waals surface area contributed by atoms with Gasteiger partial charge in [-0.05, 0) is 34.9 Å². The van der Waals surface area contributed by atoms with Gasteiger partial charge in [0.05, 0.1) is 50.3 Å². The number of alkyl carbamates (subject to hydrolysis) is 1. The van der Waals surface area contributed by atoms with E-state index >= 15 is 0 Å². The molecule has 1 aliphatic rings. The first-order chi connectivity index (χ1) is 28.5. The summed E-state index contributed by atoms with van der Waals surface area (Å²) in [6.07, 6.45) is 1.60. The minimum absolute atomic E-state index is 0.0835. The summed E-state index contributed by atoms with van der Waals surface area (Å²) in [4.78, 5) is 71.6. The Morgan fingerprint density at radius 1 is 0.900 bits per heavy atom. The number of rotatable bonds is 18. The second-order valence-corrected chi connectivity index (χ2v) is 18.7. The molecule has 1 aromatic carbocycles. The van der Waals surface area contributed by atoms with Gasteiger partial charge in [0.25, 0.3) is 5.91 Å². The van der Waals surface area contributed by atoms with Gasteiger partial charge in [0, 0.05) is 55.5 Å². The molecule has 3 aromatic heterocycles. The quantitative estimate of drug-likeness (QED) is 0.100. The van der Waals surface area contributed by atoms with Crippen LogP contribution < -0.4 is 16.1 Å². The number of nitrogens with zero attached hydrogens (tertiary/aromatic N) is 6. The number of aliphatic hydroxyl groups is 1. The number of carbonyl (C=O) groups is 4. The fraction of sp³-hybridized carbons (Fsp3) is 0.500. The van der Waals surface area contributed by atoms with Crippen LogP contribution in [0.5, 0.6) is 0 Å². The van der Waals surface area contributed by atoms with Crippen molar-refractivity contribution >= 4 is 46.6 Å². The van der Waals surface area contributed by atoms with Crippen LogP contribution >= 0.6 is 22.7 Å². The van der Waals surface area contributed by atoms with Gasteiger partial charge in [0.1, 0.15) is 22.1 Å². The first-order valence-electron chi connectivity index (χ1n) is 19.7. The van der Waals surface area contributed by atoms with E-state index < -0.39 is 53.0 Å². The zero-order chi connectivity index (χ0) is 43.6. The maximum absolute atomic E-state index is 14.6. The molecule has 4 N–H and O–H groups in total. The third kappa shape index (κ3) is 12.5. The van der Waals surface area contributed by atoms with Crippen molar-refractivity contribution in [2.24, 2.45) is 10.8 Å². The SMILES string of the molecule is COCc1nc(CN2CCN([C@H](C(=O)N[C@@H](Cc3ccccc3)[C@@H](O)CN(Cc3csc(-c4ccncc4)n3)NC(=O)[C@@H](NC(=O)OC)C(C)(C)C)C(C)(C)C)C2=O)cs1. The van der Waals surface area contributed by atoms with Crippen LogP contribution in [-0.2, 0) is 45.2 Å². The third-order valence-electron chi connectivity index (χ3n) is 9.90. The van der Waals surface area contributed by atoms with E-state index in [1.54, 1.807) is 34.3 Å². The molecule has 4 atom stereocenters. The van der Waals surface area contributed by atoms with E-state index in [0.717, 1.165) is 26.8 Å². The number of benzene rings is 1. The molecule has 16 nitrogen and oxygen atoms in total. The van der Waals surface area contributed by atoms with E-state index in [4.69, 9.17) is 14.5 Å². The van der Waals surface area contributed by atoms with Crippen molar-refractivity contribution in [2.75, 3.05) is 33.9 Å². The molecular weight excluding hydrogens is 807 g/mol. The molecule has 0 saturated carbocycles. The average Bonchev–Trinajstić information content (AvgIpc) is 3.94. The predicted molar refractivity (Wildman–Crippen MR) is 229 cm³/mol. The second kappa shape index (κ2) is 20.5. The van der Waals surface area contributed by atoms with E-state index in [1.165, 1.54) is 29.8 Å². The topological polar surface area (TPSA) is 191 Å². The summed E-state index contributed by atoms with van der Waals surface area (Å²) in [7, 11) is 2.83. The number of amides is 5. The predicted octanol–water partition coefficient (Wildman–Crippen LogP) is 4.85. The molecule has 0 radical (unpaired) electrons. The smallest absolute Gasteiger partial charge is 0.407 e. The number of methoxy groups -OCH3 is 2. The zero-order valence-electron chi connectivity index (χ0n) is 35.5. The van der Waals surface area contributed by atoms with Crippen molar-refractivity contribution < 1.29 is 33.8 Å². The molecular formula is C42H57N9O7S2. The highest BCUT2D eigenvalue weighted by Gasteiger charge is 2.44. The van der Waals surface area contributed by atoms with Crippen LogP contribution in [0.4, 0.5) is 9.59 Å². The van der Waals surface area contributed by atoms with Crippen LogP contribution in [0.3, 0.4) is 0 Å². The number of hydrogen-bond acceptors (Lipinski definition) is 13. The molecule has 324 valence electrons. The first-order valence-corrected chi connectivity index (χ1v) is 21.5. The lowest BCUT2D eigenvalue weighted by atomic mass is 9.84. The fourth-order valence-corrected chi connectivity index (χ4v) is 8.56. The summed E-state index contributed by atoms with van der Waals surface area (Å²) >= 11 is 2.90. The summed E-state index contributed by atoms with van der Waals surface area (Å²) < 4.78 is 10.0. The summed E-state index contributed by atoms with van der Waals surface area (Å²) in [5.41, 5.74) is 4.63. The molecule has 1 saturated heterocycles. The number of carbonyl (C=O) groups excluding carboxylic acids is 4. The van der Waals surface area contributed by atoms with Crippen molar-refractivity contribution in [2.45, 2.75) is 91.9 Å². The van der Waals surface area contributed by atoms with Crippen LogP contribution in [0.15, 0.2) is 65.6 Å². The maximum atomic E-state index is 14.6. The van der Waals surface area contributed by atoms with Crippen molar-refractivity contribution in [3.63, 3.8) is 0 Å². The number of hydrazine groups is 1. The Hall–Kier alpha value is -5.01. The fourth-order valence-electron chi connectivity index (χ4n) is 6.99. The van der Waals surface area contributed by atoms with Gasteiger partial charge in [-0.1, -0.05) is 71.9 Å². The highest BCUT2D eigenvalue weighted by atomic mass is 32.1. The molecule has 60 heavy (non-hydrogen) atoms. The lowest BCUT2D eigenvalue weighted by Crippen LogP contribution is -2.61. The number of thiazole rings is 2. The monoisotopic (exact) mass is 863 g/mol. The Morgan fingerprint density at radius 2 is 1.60 bits per heavy atom. The second-order valence-electron chi connectivity index (χ2n) is 16.9. The van der Waals surface area contributed by atoms with E-state index in [2.05, 4.69) is 26.0 Å². The number of hydrogen-bond donors (Lipinski definition) is 4. The van der Waals surface area contributed by atoms with Gasteiger partial charge < -0.3 is 35.0 Å². The van der Waals surface area contributed by atoms with Gasteiger partial charge in [0.2, 0.25) is 5.91 Å². The maximum Gasteiger partial charge on any atom is 0.407 e. The lowest BCUT2D eigenvalue weighted by molar-refractivity contribution is -0.133. The number of nitrogens with one attached hydrogen (secondary N) is 3. The molecule has 4 heterocycles. The molecule has 4 aromatic rings. The largest absolute Gasteiger partial charge is 0.453 e. The minimum atomic E-state index is -1.24. The number of aliphatic hydroxyl groups excluding tert-OH is 1. The number of pyridine rings is 1. The molecule has 5 rings (SSSR count).